The first kappa shape index (κ1) is 19.8. The highest BCUT2D eigenvalue weighted by atomic mass is 16.5. The lowest BCUT2D eigenvalue weighted by Crippen LogP contribution is -2.05. The van der Waals surface area contributed by atoms with Gasteiger partial charge in [0.25, 0.3) is 0 Å². The minimum atomic E-state index is 0.529. The summed E-state index contributed by atoms with van der Waals surface area (Å²) >= 11 is 0. The predicted molar refractivity (Wildman–Crippen MR) is 116 cm³/mol. The van der Waals surface area contributed by atoms with Gasteiger partial charge in [-0.3, -0.25) is 0 Å². The Morgan fingerprint density at radius 3 is 2.46 bits per heavy atom. The van der Waals surface area contributed by atoms with E-state index in [4.69, 9.17) is 28.2 Å². The monoisotopic (exact) mass is 373 g/mol. The molecule has 0 amide bonds. The molecule has 3 rings (SSSR count). The maximum atomic E-state index is 6.04. The van der Waals surface area contributed by atoms with Crippen LogP contribution in [-0.4, -0.2) is 38.9 Å². The summed E-state index contributed by atoms with van der Waals surface area (Å²) < 4.78 is 12.3. The number of aliphatic imine (C=N–C) groups is 1. The van der Waals surface area contributed by atoms with Gasteiger partial charge < -0.3 is 19.7 Å². The average Bonchev–Trinajstić information content (AvgIpc) is 3.29. The van der Waals surface area contributed by atoms with E-state index in [0.717, 1.165) is 45.3 Å². The van der Waals surface area contributed by atoms with Crippen molar-refractivity contribution in [1.82, 2.24) is 4.48 Å². The molecule has 1 aliphatic heterocycles. The first-order chi connectivity index (χ1) is 13.5. The van der Waals surface area contributed by atoms with Crippen molar-refractivity contribution in [2.24, 2.45) is 10.7 Å². The van der Waals surface area contributed by atoms with E-state index in [0.29, 0.717) is 13.0 Å². The van der Waals surface area contributed by atoms with E-state index in [1.54, 1.807) is 18.7 Å². The van der Waals surface area contributed by atoms with Gasteiger partial charge in [-0.15, -0.1) is 0 Å². The normalized spacial score (nSPS) is 15.6. The molecule has 5 nitrogen and oxygen atoms in total. The highest BCUT2D eigenvalue weighted by molar-refractivity contribution is 6.11. The average molecular weight is 373 g/mol. The SMILES string of the molecule is [B]n1cccc1/C(CCN)=C1N=C(/C=C/c2cc(OC)cc(OC)c2)C=C\1C. The summed E-state index contributed by atoms with van der Waals surface area (Å²) in [7, 11) is 9.32. The van der Waals surface area contributed by atoms with Crippen LogP contribution in [0.25, 0.3) is 11.6 Å². The fourth-order valence-electron chi connectivity index (χ4n) is 3.20. The maximum Gasteiger partial charge on any atom is 0.234 e. The number of nitrogens with zero attached hydrogens (tertiary/aromatic N) is 2. The number of benzene rings is 1. The van der Waals surface area contributed by atoms with Gasteiger partial charge in [-0.25, -0.2) is 4.99 Å². The first-order valence-electron chi connectivity index (χ1n) is 9.10. The molecule has 0 bridgehead atoms. The van der Waals surface area contributed by atoms with Gasteiger partial charge in [0.15, 0.2) is 0 Å². The van der Waals surface area contributed by atoms with E-state index in [1.807, 2.05) is 48.7 Å². The topological polar surface area (TPSA) is 61.8 Å². The lowest BCUT2D eigenvalue weighted by molar-refractivity contribution is 0.394. The summed E-state index contributed by atoms with van der Waals surface area (Å²) in [6.45, 7) is 2.58. The van der Waals surface area contributed by atoms with Gasteiger partial charge in [-0.2, -0.15) is 0 Å². The predicted octanol–water partition coefficient (Wildman–Crippen LogP) is 3.61. The van der Waals surface area contributed by atoms with Crippen LogP contribution in [0.1, 0.15) is 24.6 Å². The van der Waals surface area contributed by atoms with Gasteiger partial charge in [0.05, 0.1) is 25.6 Å². The van der Waals surface area contributed by atoms with Crippen LogP contribution in [0.3, 0.4) is 0 Å². The maximum absolute atomic E-state index is 6.04. The van der Waals surface area contributed by atoms with Gasteiger partial charge in [-0.1, -0.05) is 6.08 Å². The smallest absolute Gasteiger partial charge is 0.234 e. The summed E-state index contributed by atoms with van der Waals surface area (Å²) in [5.74, 6) is 1.49. The Balaban J connectivity index is 1.94. The highest BCUT2D eigenvalue weighted by Crippen LogP contribution is 2.31. The number of allylic oxidation sites excluding steroid dienone is 3. The summed E-state index contributed by atoms with van der Waals surface area (Å²) in [5.41, 5.74) is 11.7. The third-order valence-electron chi connectivity index (χ3n) is 4.57. The third-order valence-corrected chi connectivity index (χ3v) is 4.57. The van der Waals surface area contributed by atoms with E-state index in [9.17, 15) is 0 Å². The van der Waals surface area contributed by atoms with Crippen molar-refractivity contribution in [2.75, 3.05) is 20.8 Å². The van der Waals surface area contributed by atoms with Crippen molar-refractivity contribution in [2.45, 2.75) is 13.3 Å². The van der Waals surface area contributed by atoms with E-state index < -0.39 is 0 Å². The standard InChI is InChI=1S/C22H24BN3O2/c1-15-11-17(7-6-16-12-18(27-2)14-19(13-16)28-3)25-22(15)20(8-9-24)21-5-4-10-26(21)23/h4-7,10-14H,8-9,24H2,1-3H3/b7-6+,22-20-. The zero-order chi connectivity index (χ0) is 20.1. The van der Waals surface area contributed by atoms with E-state index in [1.165, 1.54) is 0 Å². The van der Waals surface area contributed by atoms with Gasteiger partial charge >= 0.3 is 0 Å². The number of hydrogen-bond acceptors (Lipinski definition) is 4. The van der Waals surface area contributed by atoms with Crippen LogP contribution >= 0.6 is 0 Å². The molecule has 2 radical (unpaired) electrons. The minimum absolute atomic E-state index is 0.529. The second-order valence-corrected chi connectivity index (χ2v) is 6.51. The Morgan fingerprint density at radius 1 is 1.18 bits per heavy atom. The highest BCUT2D eigenvalue weighted by Gasteiger charge is 2.16. The number of hydrogen-bond donors (Lipinski definition) is 1. The Kier molecular flexibility index (Phi) is 6.21. The van der Waals surface area contributed by atoms with Gasteiger partial charge in [-0.05, 0) is 73.6 Å². The van der Waals surface area contributed by atoms with Crippen molar-refractivity contribution in [3.8, 4) is 11.5 Å². The van der Waals surface area contributed by atoms with Crippen LogP contribution in [0.5, 0.6) is 11.5 Å². The molecule has 2 N–H and O–H groups in total. The molecule has 142 valence electrons. The summed E-state index contributed by atoms with van der Waals surface area (Å²) in [6, 6.07) is 9.64. The Hall–Kier alpha value is -2.99. The molecule has 2 aromatic rings. The zero-order valence-electron chi connectivity index (χ0n) is 16.5. The van der Waals surface area contributed by atoms with Gasteiger partial charge in [0, 0.05) is 17.3 Å². The van der Waals surface area contributed by atoms with Gasteiger partial charge in [0.1, 0.15) is 11.5 Å². The quantitative estimate of drug-likeness (QED) is 0.755. The molecule has 0 fully saturated rings. The second kappa shape index (κ2) is 8.80. The van der Waals surface area contributed by atoms with Crippen LogP contribution in [-0.2, 0) is 0 Å². The van der Waals surface area contributed by atoms with Crippen LogP contribution in [0.4, 0.5) is 0 Å². The van der Waals surface area contributed by atoms with Gasteiger partial charge in [0.2, 0.25) is 7.98 Å². The van der Waals surface area contributed by atoms with Crippen LogP contribution in [0.2, 0.25) is 0 Å². The number of ether oxygens (including phenoxy) is 2. The summed E-state index contributed by atoms with van der Waals surface area (Å²) in [5, 5.41) is 0. The molecule has 0 spiro atoms. The fourth-order valence-corrected chi connectivity index (χ4v) is 3.20. The number of rotatable bonds is 7. The molecule has 1 aromatic heterocycles. The zero-order valence-corrected chi connectivity index (χ0v) is 16.5. The van der Waals surface area contributed by atoms with Crippen LogP contribution in [0.15, 0.2) is 64.9 Å². The molecule has 6 heteroatoms. The minimum Gasteiger partial charge on any atom is -0.497 e. The number of methoxy groups -OCH3 is 2. The van der Waals surface area contributed by atoms with E-state index >= 15 is 0 Å². The molecule has 2 heterocycles. The molecule has 0 aliphatic carbocycles. The summed E-state index contributed by atoms with van der Waals surface area (Å²) in [4.78, 5) is 4.82. The van der Waals surface area contributed by atoms with Crippen molar-refractivity contribution < 1.29 is 9.47 Å². The molecular formula is C22H24BN3O2. The number of nitrogens with two attached hydrogens (primary N) is 1. The molecule has 1 aromatic carbocycles. The Morgan fingerprint density at radius 2 is 1.89 bits per heavy atom. The van der Waals surface area contributed by atoms with Crippen LogP contribution < -0.4 is 15.2 Å². The van der Waals surface area contributed by atoms with E-state index in [2.05, 4.69) is 13.0 Å². The van der Waals surface area contributed by atoms with Crippen molar-refractivity contribution in [1.29, 1.82) is 0 Å². The van der Waals surface area contributed by atoms with Crippen molar-refractivity contribution >= 4 is 25.3 Å². The Bertz CT molecular complexity index is 961. The molecule has 1 aliphatic rings. The van der Waals surface area contributed by atoms with Crippen LogP contribution in [0, 0.1) is 0 Å². The first-order valence-corrected chi connectivity index (χ1v) is 9.10. The molecule has 0 atom stereocenters. The molecular weight excluding hydrogens is 349 g/mol. The summed E-state index contributed by atoms with van der Waals surface area (Å²) in [6.07, 6.45) is 8.55. The lowest BCUT2D eigenvalue weighted by Gasteiger charge is -2.11. The lowest BCUT2D eigenvalue weighted by atomic mass is 10.0. The third kappa shape index (κ3) is 4.29. The molecule has 0 saturated heterocycles. The number of aromatic nitrogens is 1. The van der Waals surface area contributed by atoms with Crippen molar-refractivity contribution in [3.05, 3.63) is 71.2 Å². The largest absolute Gasteiger partial charge is 0.497 e. The second-order valence-electron chi connectivity index (χ2n) is 6.51. The molecule has 28 heavy (non-hydrogen) atoms. The molecule has 0 saturated carbocycles. The molecule has 0 unspecified atom stereocenters. The van der Waals surface area contributed by atoms with E-state index in [-0.39, 0.29) is 0 Å². The van der Waals surface area contributed by atoms with Crippen molar-refractivity contribution in [3.63, 3.8) is 0 Å². The fraction of sp³-hybridized carbons (Fsp3) is 0.227. The Labute approximate surface area is 167 Å².